The van der Waals surface area contributed by atoms with Crippen molar-refractivity contribution in [2.75, 3.05) is 0 Å². The van der Waals surface area contributed by atoms with Gasteiger partial charge in [0.25, 0.3) is 0 Å². The predicted molar refractivity (Wildman–Crippen MR) is 70.9 cm³/mol. The van der Waals surface area contributed by atoms with Crippen molar-refractivity contribution in [1.29, 1.82) is 0 Å². The molecule has 90 valence electrons. The zero-order chi connectivity index (χ0) is 10.7. The Bertz CT molecular complexity index is 302. The summed E-state index contributed by atoms with van der Waals surface area (Å²) in [4.78, 5) is 0. The van der Waals surface area contributed by atoms with Crippen molar-refractivity contribution in [3.05, 3.63) is 35.9 Å². The summed E-state index contributed by atoms with van der Waals surface area (Å²) in [7, 11) is 0. The van der Waals surface area contributed by atoms with Gasteiger partial charge in [-0.2, -0.15) is 0 Å². The number of piperidine rings is 1. The van der Waals surface area contributed by atoms with Gasteiger partial charge >= 0.3 is 0 Å². The number of rotatable bonds is 2. The molecule has 3 heteroatoms. The van der Waals surface area contributed by atoms with Crippen molar-refractivity contribution in [3.8, 4) is 0 Å². The minimum Gasteiger partial charge on any atom is -0.326 e. The molecule has 1 heterocycles. The molecule has 3 atom stereocenters. The molecule has 0 amide bonds. The van der Waals surface area contributed by atoms with Crippen molar-refractivity contribution >= 4 is 12.4 Å². The van der Waals surface area contributed by atoms with Crippen LogP contribution in [-0.4, -0.2) is 12.1 Å². The van der Waals surface area contributed by atoms with Crippen LogP contribution >= 0.6 is 12.4 Å². The van der Waals surface area contributed by atoms with Crippen LogP contribution in [0.3, 0.4) is 0 Å². The first-order valence-corrected chi connectivity index (χ1v) is 5.88. The zero-order valence-corrected chi connectivity index (χ0v) is 10.5. The largest absolute Gasteiger partial charge is 0.326 e. The van der Waals surface area contributed by atoms with Gasteiger partial charge in [-0.25, -0.2) is 0 Å². The highest BCUT2D eigenvalue weighted by molar-refractivity contribution is 5.85. The molecule has 3 N–H and O–H groups in total. The van der Waals surface area contributed by atoms with E-state index in [1.165, 1.54) is 18.4 Å². The van der Waals surface area contributed by atoms with Crippen LogP contribution in [0.5, 0.6) is 0 Å². The van der Waals surface area contributed by atoms with Crippen molar-refractivity contribution < 1.29 is 0 Å². The van der Waals surface area contributed by atoms with Crippen molar-refractivity contribution in [3.63, 3.8) is 0 Å². The van der Waals surface area contributed by atoms with Crippen LogP contribution < -0.4 is 11.1 Å². The highest BCUT2D eigenvalue weighted by Gasteiger charge is 2.27. The van der Waals surface area contributed by atoms with Gasteiger partial charge in [0.15, 0.2) is 0 Å². The van der Waals surface area contributed by atoms with Gasteiger partial charge in [-0.3, -0.25) is 0 Å². The Kier molecular flexibility index (Phi) is 5.26. The summed E-state index contributed by atoms with van der Waals surface area (Å²) < 4.78 is 0. The molecule has 0 spiro atoms. The SMILES string of the molecule is CC[C@H]1CC[C@H](N)[C@H](c2ccccc2)N1.Cl. The maximum atomic E-state index is 6.17. The first-order chi connectivity index (χ1) is 7.31. The lowest BCUT2D eigenvalue weighted by molar-refractivity contribution is 0.283. The van der Waals surface area contributed by atoms with Gasteiger partial charge in [0.05, 0.1) is 0 Å². The summed E-state index contributed by atoms with van der Waals surface area (Å²) in [6, 6.07) is 11.8. The molecule has 0 aliphatic carbocycles. The number of hydrogen-bond donors (Lipinski definition) is 2. The smallest absolute Gasteiger partial charge is 0.0475 e. The molecule has 0 aromatic heterocycles. The fourth-order valence-electron chi connectivity index (χ4n) is 2.35. The van der Waals surface area contributed by atoms with Gasteiger partial charge in [0, 0.05) is 18.1 Å². The number of halogens is 1. The fraction of sp³-hybridized carbons (Fsp3) is 0.538. The third-order valence-electron chi connectivity index (χ3n) is 3.34. The Balaban J connectivity index is 0.00000128. The normalized spacial score (nSPS) is 29.5. The van der Waals surface area contributed by atoms with Crippen LogP contribution in [0.1, 0.15) is 37.8 Å². The van der Waals surface area contributed by atoms with Gasteiger partial charge in [0.1, 0.15) is 0 Å². The van der Waals surface area contributed by atoms with Crippen molar-refractivity contribution in [1.82, 2.24) is 5.32 Å². The Hall–Kier alpha value is -0.570. The van der Waals surface area contributed by atoms with E-state index < -0.39 is 0 Å². The second kappa shape index (κ2) is 6.24. The average Bonchev–Trinajstić information content (AvgIpc) is 2.31. The quantitative estimate of drug-likeness (QED) is 0.834. The van der Waals surface area contributed by atoms with E-state index in [2.05, 4.69) is 42.6 Å². The lowest BCUT2D eigenvalue weighted by atomic mass is 9.89. The Morgan fingerprint density at radius 1 is 1.25 bits per heavy atom. The van der Waals surface area contributed by atoms with E-state index in [1.807, 2.05) is 0 Å². The van der Waals surface area contributed by atoms with E-state index in [0.717, 1.165) is 6.42 Å². The van der Waals surface area contributed by atoms with Crippen molar-refractivity contribution in [2.24, 2.45) is 5.73 Å². The highest BCUT2D eigenvalue weighted by atomic mass is 35.5. The first-order valence-electron chi connectivity index (χ1n) is 5.88. The Morgan fingerprint density at radius 2 is 1.94 bits per heavy atom. The van der Waals surface area contributed by atoms with Gasteiger partial charge in [0.2, 0.25) is 0 Å². The van der Waals surface area contributed by atoms with Crippen molar-refractivity contribution in [2.45, 2.75) is 44.3 Å². The second-order valence-electron chi connectivity index (χ2n) is 4.40. The third-order valence-corrected chi connectivity index (χ3v) is 3.34. The summed E-state index contributed by atoms with van der Waals surface area (Å²) in [5, 5.41) is 3.64. The molecule has 1 aromatic rings. The van der Waals surface area contributed by atoms with Crippen LogP contribution in [-0.2, 0) is 0 Å². The molecule has 1 aromatic carbocycles. The van der Waals surface area contributed by atoms with Crippen LogP contribution in [0.2, 0.25) is 0 Å². The first kappa shape index (κ1) is 13.5. The molecule has 1 aliphatic rings. The number of hydrogen-bond acceptors (Lipinski definition) is 2. The molecule has 16 heavy (non-hydrogen) atoms. The van der Waals surface area contributed by atoms with Crippen LogP contribution in [0, 0.1) is 0 Å². The van der Waals surface area contributed by atoms with Crippen LogP contribution in [0.4, 0.5) is 0 Å². The Labute approximate surface area is 104 Å². The van der Waals surface area contributed by atoms with E-state index in [4.69, 9.17) is 5.73 Å². The zero-order valence-electron chi connectivity index (χ0n) is 9.73. The monoisotopic (exact) mass is 240 g/mol. The fourth-order valence-corrected chi connectivity index (χ4v) is 2.35. The summed E-state index contributed by atoms with van der Waals surface area (Å²) >= 11 is 0. The molecular formula is C13H21ClN2. The van der Waals surface area contributed by atoms with E-state index in [0.29, 0.717) is 12.1 Å². The summed E-state index contributed by atoms with van der Waals surface area (Å²) in [6.07, 6.45) is 3.53. The average molecular weight is 241 g/mol. The third kappa shape index (κ3) is 2.97. The molecule has 0 unspecified atom stereocenters. The lowest BCUT2D eigenvalue weighted by Gasteiger charge is -2.35. The molecule has 2 rings (SSSR count). The molecular weight excluding hydrogens is 220 g/mol. The van der Waals surface area contributed by atoms with Gasteiger partial charge in [-0.1, -0.05) is 37.3 Å². The minimum absolute atomic E-state index is 0. The van der Waals surface area contributed by atoms with Gasteiger partial charge in [-0.15, -0.1) is 12.4 Å². The summed E-state index contributed by atoms with van der Waals surface area (Å²) in [5.41, 5.74) is 7.49. The maximum absolute atomic E-state index is 6.17. The molecule has 0 saturated carbocycles. The minimum atomic E-state index is 0. The summed E-state index contributed by atoms with van der Waals surface area (Å²) in [6.45, 7) is 2.23. The van der Waals surface area contributed by atoms with Crippen LogP contribution in [0.15, 0.2) is 30.3 Å². The van der Waals surface area contributed by atoms with E-state index in [-0.39, 0.29) is 18.4 Å². The van der Waals surface area contributed by atoms with Gasteiger partial charge < -0.3 is 11.1 Å². The molecule has 1 fully saturated rings. The molecule has 2 nitrogen and oxygen atoms in total. The van der Waals surface area contributed by atoms with E-state index >= 15 is 0 Å². The standard InChI is InChI=1S/C13H20N2.ClH/c1-2-11-8-9-12(14)13(15-11)10-6-4-3-5-7-10;/h3-7,11-13,15H,2,8-9,14H2,1H3;1H/t11-,12-,13-;/m0./s1. The predicted octanol–water partition coefficient (Wildman–Crippen LogP) is 2.64. The van der Waals surface area contributed by atoms with Gasteiger partial charge in [-0.05, 0) is 24.8 Å². The number of benzene rings is 1. The number of nitrogens with two attached hydrogens (primary N) is 1. The maximum Gasteiger partial charge on any atom is 0.0475 e. The lowest BCUT2D eigenvalue weighted by Crippen LogP contribution is -2.47. The second-order valence-corrected chi connectivity index (χ2v) is 4.40. The molecule has 1 saturated heterocycles. The molecule has 0 radical (unpaired) electrons. The Morgan fingerprint density at radius 3 is 2.56 bits per heavy atom. The highest BCUT2D eigenvalue weighted by Crippen LogP contribution is 2.25. The van der Waals surface area contributed by atoms with E-state index in [1.54, 1.807) is 0 Å². The molecule has 1 aliphatic heterocycles. The van der Waals surface area contributed by atoms with Crippen LogP contribution in [0.25, 0.3) is 0 Å². The topological polar surface area (TPSA) is 38.0 Å². The summed E-state index contributed by atoms with van der Waals surface area (Å²) in [5.74, 6) is 0. The van der Waals surface area contributed by atoms with E-state index in [9.17, 15) is 0 Å². The molecule has 0 bridgehead atoms. The number of nitrogens with one attached hydrogen (secondary N) is 1.